The second kappa shape index (κ2) is 5.20. The van der Waals surface area contributed by atoms with Crippen LogP contribution in [-0.2, 0) is 0 Å². The zero-order chi connectivity index (χ0) is 13.1. The fourth-order valence-corrected chi connectivity index (χ4v) is 1.65. The predicted octanol–water partition coefficient (Wildman–Crippen LogP) is 2.62. The number of hydrogen-bond acceptors (Lipinski definition) is 4. The van der Waals surface area contributed by atoms with Crippen molar-refractivity contribution in [2.24, 2.45) is 0 Å². The first kappa shape index (κ1) is 12.6. The third-order valence-electron chi connectivity index (χ3n) is 2.13. The smallest absolute Gasteiger partial charge is 0.257 e. The lowest BCUT2D eigenvalue weighted by Crippen LogP contribution is -2.14. The lowest BCUT2D eigenvalue weighted by molar-refractivity contribution is 0.102. The number of carbonyl (C=O) groups excluding carboxylic acids is 1. The summed E-state index contributed by atoms with van der Waals surface area (Å²) in [7, 11) is 0. The zero-order valence-electron chi connectivity index (χ0n) is 9.02. The molecule has 7 heteroatoms. The average molecular weight is 283 g/mol. The van der Waals surface area contributed by atoms with Crippen molar-refractivity contribution < 1.29 is 4.79 Å². The first-order valence-electron chi connectivity index (χ1n) is 4.90. The third kappa shape index (κ3) is 2.88. The summed E-state index contributed by atoms with van der Waals surface area (Å²) in [5, 5.41) is 3.12. The van der Waals surface area contributed by atoms with Gasteiger partial charge < -0.3 is 11.1 Å². The molecule has 5 nitrogen and oxygen atoms in total. The molecule has 2 aromatic heterocycles. The van der Waals surface area contributed by atoms with Gasteiger partial charge in [0.05, 0.1) is 17.4 Å². The highest BCUT2D eigenvalue weighted by Crippen LogP contribution is 2.18. The molecule has 0 fully saturated rings. The van der Waals surface area contributed by atoms with E-state index in [4.69, 9.17) is 28.9 Å². The van der Waals surface area contributed by atoms with E-state index in [-0.39, 0.29) is 27.5 Å². The van der Waals surface area contributed by atoms with Gasteiger partial charge in [-0.2, -0.15) is 0 Å². The topological polar surface area (TPSA) is 80.9 Å². The third-order valence-corrected chi connectivity index (χ3v) is 2.54. The van der Waals surface area contributed by atoms with Gasteiger partial charge in [-0.15, -0.1) is 0 Å². The van der Waals surface area contributed by atoms with E-state index in [0.29, 0.717) is 5.69 Å². The molecule has 92 valence electrons. The Morgan fingerprint density at radius 3 is 2.67 bits per heavy atom. The van der Waals surface area contributed by atoms with Crippen molar-refractivity contribution in [1.82, 2.24) is 9.97 Å². The predicted molar refractivity (Wildman–Crippen MR) is 70.9 cm³/mol. The molecule has 0 radical (unpaired) electrons. The Morgan fingerprint density at radius 1 is 1.22 bits per heavy atom. The molecule has 0 saturated carbocycles. The van der Waals surface area contributed by atoms with E-state index in [1.54, 1.807) is 6.07 Å². The highest BCUT2D eigenvalue weighted by Gasteiger charge is 2.11. The van der Waals surface area contributed by atoms with Crippen molar-refractivity contribution in [3.05, 3.63) is 46.5 Å². The minimum atomic E-state index is -0.390. The van der Waals surface area contributed by atoms with Gasteiger partial charge in [-0.3, -0.25) is 4.79 Å². The number of pyridine rings is 2. The van der Waals surface area contributed by atoms with Crippen molar-refractivity contribution in [2.45, 2.75) is 0 Å². The highest BCUT2D eigenvalue weighted by atomic mass is 35.5. The fraction of sp³-hybridized carbons (Fsp3) is 0. The molecular weight excluding hydrogens is 275 g/mol. The number of nitrogens with two attached hydrogens (primary N) is 1. The lowest BCUT2D eigenvalue weighted by Gasteiger charge is -2.07. The number of nitrogen functional groups attached to an aromatic ring is 1. The second-order valence-electron chi connectivity index (χ2n) is 3.42. The number of carbonyl (C=O) groups is 1. The molecule has 0 spiro atoms. The number of aromatic nitrogens is 2. The molecule has 1 amide bonds. The van der Waals surface area contributed by atoms with E-state index in [1.165, 1.54) is 24.5 Å². The maximum absolute atomic E-state index is 12.0. The van der Waals surface area contributed by atoms with E-state index < -0.39 is 0 Å². The van der Waals surface area contributed by atoms with Crippen LogP contribution in [0.15, 0.2) is 30.6 Å². The highest BCUT2D eigenvalue weighted by molar-refractivity contribution is 6.30. The van der Waals surface area contributed by atoms with Gasteiger partial charge in [-0.25, -0.2) is 9.97 Å². The number of halogens is 2. The minimum Gasteiger partial charge on any atom is -0.397 e. The monoisotopic (exact) mass is 282 g/mol. The Bertz CT molecular complexity index is 603. The van der Waals surface area contributed by atoms with E-state index in [9.17, 15) is 4.79 Å². The number of anilines is 2. The Hall–Kier alpha value is -1.85. The van der Waals surface area contributed by atoms with E-state index >= 15 is 0 Å². The zero-order valence-corrected chi connectivity index (χ0v) is 10.5. The van der Waals surface area contributed by atoms with E-state index in [1.807, 2.05) is 0 Å². The van der Waals surface area contributed by atoms with Gasteiger partial charge in [0, 0.05) is 11.9 Å². The molecule has 3 N–H and O–H groups in total. The summed E-state index contributed by atoms with van der Waals surface area (Å²) in [5.74, 6) is -0.390. The van der Waals surface area contributed by atoms with Crippen LogP contribution in [0.5, 0.6) is 0 Å². The molecule has 0 aliphatic heterocycles. The number of hydrogen-bond donors (Lipinski definition) is 2. The summed E-state index contributed by atoms with van der Waals surface area (Å²) in [6.07, 6.45) is 2.82. The molecule has 0 saturated heterocycles. The summed E-state index contributed by atoms with van der Waals surface area (Å²) < 4.78 is 0. The van der Waals surface area contributed by atoms with Gasteiger partial charge in [0.15, 0.2) is 0 Å². The quantitative estimate of drug-likeness (QED) is 0.830. The maximum atomic E-state index is 12.0. The minimum absolute atomic E-state index is 0.196. The van der Waals surface area contributed by atoms with Gasteiger partial charge in [-0.05, 0) is 18.2 Å². The Kier molecular flexibility index (Phi) is 3.64. The van der Waals surface area contributed by atoms with Crippen molar-refractivity contribution in [1.29, 1.82) is 0 Å². The van der Waals surface area contributed by atoms with E-state index in [0.717, 1.165) is 0 Å². The lowest BCUT2D eigenvalue weighted by atomic mass is 10.2. The van der Waals surface area contributed by atoms with Crippen LogP contribution in [0.2, 0.25) is 10.3 Å². The summed E-state index contributed by atoms with van der Waals surface area (Å²) in [6.45, 7) is 0. The molecular formula is C11H8Cl2N4O. The Labute approximate surface area is 113 Å². The van der Waals surface area contributed by atoms with Crippen molar-refractivity contribution >= 4 is 40.5 Å². The molecule has 0 aliphatic rings. The SMILES string of the molecule is Nc1cnc(Cl)cc1C(=O)Nc1ccnc(Cl)c1. The van der Waals surface area contributed by atoms with Crippen LogP contribution in [0.1, 0.15) is 10.4 Å². The van der Waals surface area contributed by atoms with Crippen LogP contribution in [-0.4, -0.2) is 15.9 Å². The van der Waals surface area contributed by atoms with Crippen LogP contribution in [0.4, 0.5) is 11.4 Å². The largest absolute Gasteiger partial charge is 0.397 e. The average Bonchev–Trinajstić information content (AvgIpc) is 2.32. The van der Waals surface area contributed by atoms with Crippen molar-refractivity contribution in [2.75, 3.05) is 11.1 Å². The second-order valence-corrected chi connectivity index (χ2v) is 4.19. The molecule has 0 unspecified atom stereocenters. The number of nitrogens with zero attached hydrogens (tertiary/aromatic N) is 2. The van der Waals surface area contributed by atoms with Gasteiger partial charge in [0.1, 0.15) is 10.3 Å². The van der Waals surface area contributed by atoms with Crippen LogP contribution in [0.3, 0.4) is 0 Å². The van der Waals surface area contributed by atoms with Crippen LogP contribution < -0.4 is 11.1 Å². The van der Waals surface area contributed by atoms with Gasteiger partial charge >= 0.3 is 0 Å². The summed E-state index contributed by atoms with van der Waals surface area (Å²) in [6, 6.07) is 4.54. The summed E-state index contributed by atoms with van der Waals surface area (Å²) >= 11 is 11.4. The molecule has 2 rings (SSSR count). The Balaban J connectivity index is 2.24. The van der Waals surface area contributed by atoms with Crippen LogP contribution in [0.25, 0.3) is 0 Å². The van der Waals surface area contributed by atoms with Crippen molar-refractivity contribution in [3.63, 3.8) is 0 Å². The standard InChI is InChI=1S/C11H8Cl2N4O/c12-9-3-6(1-2-15-9)17-11(18)7-4-10(13)16-5-8(7)14/h1-5H,14H2,(H,15,17,18). The molecule has 2 aromatic rings. The summed E-state index contributed by atoms with van der Waals surface area (Å²) in [4.78, 5) is 19.5. The Morgan fingerprint density at radius 2 is 1.94 bits per heavy atom. The normalized spacial score (nSPS) is 10.1. The van der Waals surface area contributed by atoms with Gasteiger partial charge in [0.25, 0.3) is 5.91 Å². The molecule has 0 atom stereocenters. The molecule has 0 aliphatic carbocycles. The first-order chi connectivity index (χ1) is 8.56. The maximum Gasteiger partial charge on any atom is 0.257 e. The van der Waals surface area contributed by atoms with Crippen molar-refractivity contribution in [3.8, 4) is 0 Å². The van der Waals surface area contributed by atoms with Gasteiger partial charge in [-0.1, -0.05) is 23.2 Å². The van der Waals surface area contributed by atoms with Gasteiger partial charge in [0.2, 0.25) is 0 Å². The van der Waals surface area contributed by atoms with Crippen LogP contribution >= 0.6 is 23.2 Å². The fourth-order valence-electron chi connectivity index (χ4n) is 1.32. The molecule has 0 bridgehead atoms. The summed E-state index contributed by atoms with van der Waals surface area (Å²) in [5.41, 5.74) is 6.67. The number of nitrogens with one attached hydrogen (secondary N) is 1. The molecule has 18 heavy (non-hydrogen) atoms. The van der Waals surface area contributed by atoms with Crippen LogP contribution in [0, 0.1) is 0 Å². The molecule has 2 heterocycles. The molecule has 0 aromatic carbocycles. The number of rotatable bonds is 2. The van der Waals surface area contributed by atoms with E-state index in [2.05, 4.69) is 15.3 Å². The first-order valence-corrected chi connectivity index (χ1v) is 5.66. The number of amides is 1.